The Hall–Kier alpha value is -4.70. The van der Waals surface area contributed by atoms with Crippen molar-refractivity contribution in [2.75, 3.05) is 32.8 Å². The fraction of sp³-hybridized carbons (Fsp3) is 0.375. The number of rotatable bonds is 17. The van der Waals surface area contributed by atoms with Crippen LogP contribution in [0, 0.1) is 25.2 Å². The van der Waals surface area contributed by atoms with Crippen LogP contribution in [-0.2, 0) is 24.6 Å². The Labute approximate surface area is 309 Å². The molecule has 0 amide bonds. The Balaban J connectivity index is 1.32. The summed E-state index contributed by atoms with van der Waals surface area (Å²) >= 11 is 6.72. The number of halogens is 1. The molecule has 5 rings (SSSR count). The van der Waals surface area contributed by atoms with Gasteiger partial charge in [-0.05, 0) is 79.6 Å². The van der Waals surface area contributed by atoms with Crippen molar-refractivity contribution < 1.29 is 34.3 Å². The van der Waals surface area contributed by atoms with Crippen molar-refractivity contribution in [2.45, 2.75) is 65.0 Å². The number of nitriles is 1. The van der Waals surface area contributed by atoms with E-state index >= 15 is 0 Å². The number of aliphatic hydroxyl groups is 2. The van der Waals surface area contributed by atoms with Gasteiger partial charge in [0.25, 0.3) is 0 Å². The van der Waals surface area contributed by atoms with Gasteiger partial charge in [-0.25, -0.2) is 0 Å². The van der Waals surface area contributed by atoms with E-state index in [1.54, 1.807) is 24.4 Å². The number of carbonyl (C=O) groups is 1. The topological polar surface area (TPSA) is 157 Å². The largest absolute Gasteiger partial charge is 0.493 e. The third-order valence-corrected chi connectivity index (χ3v) is 9.71. The van der Waals surface area contributed by atoms with Gasteiger partial charge < -0.3 is 34.4 Å². The average Bonchev–Trinajstić information content (AvgIpc) is 3.57. The third kappa shape index (κ3) is 9.59. The summed E-state index contributed by atoms with van der Waals surface area (Å²) in [6, 6.07) is 19.2. The number of likely N-dealkylation sites (tertiary alicyclic amines) is 1. The van der Waals surface area contributed by atoms with Gasteiger partial charge in [0.2, 0.25) is 0 Å². The Morgan fingerprint density at radius 3 is 2.48 bits per heavy atom. The number of ether oxygens (including phenoxy) is 3. The van der Waals surface area contributed by atoms with Gasteiger partial charge in [-0.2, -0.15) is 5.26 Å². The Bertz CT molecular complexity index is 1920. The van der Waals surface area contributed by atoms with E-state index < -0.39 is 18.1 Å². The number of aliphatic hydroxyl groups excluding tert-OH is 2. The second-order valence-electron chi connectivity index (χ2n) is 13.3. The lowest BCUT2D eigenvalue weighted by Gasteiger charge is -2.25. The quantitative estimate of drug-likeness (QED) is 0.0973. The predicted octanol–water partition coefficient (Wildman–Crippen LogP) is 5.81. The number of hydrogen-bond acceptors (Lipinski definition) is 10. The molecule has 274 valence electrons. The van der Waals surface area contributed by atoms with Gasteiger partial charge in [-0.15, -0.1) is 0 Å². The van der Waals surface area contributed by atoms with Crippen LogP contribution >= 0.6 is 11.6 Å². The molecule has 1 aliphatic heterocycles. The average molecular weight is 729 g/mol. The van der Waals surface area contributed by atoms with Crippen LogP contribution in [0.3, 0.4) is 0 Å². The van der Waals surface area contributed by atoms with Crippen molar-refractivity contribution in [3.63, 3.8) is 0 Å². The molecule has 0 bridgehead atoms. The van der Waals surface area contributed by atoms with Gasteiger partial charge in [0.1, 0.15) is 42.1 Å². The highest BCUT2D eigenvalue weighted by Gasteiger charge is 2.32. The lowest BCUT2D eigenvalue weighted by atomic mass is 9.93. The summed E-state index contributed by atoms with van der Waals surface area (Å²) in [7, 11) is 0. The predicted molar refractivity (Wildman–Crippen MR) is 198 cm³/mol. The summed E-state index contributed by atoms with van der Waals surface area (Å²) in [5, 5.41) is 41.6. The number of hydrogen-bond donors (Lipinski definition) is 4. The summed E-state index contributed by atoms with van der Waals surface area (Å²) in [4.78, 5) is 18.2. The van der Waals surface area contributed by atoms with Crippen LogP contribution in [0.15, 0.2) is 67.0 Å². The highest BCUT2D eigenvalue weighted by atomic mass is 35.5. The number of carboxylic acid groups (broad SMARTS) is 1. The fourth-order valence-electron chi connectivity index (χ4n) is 6.07. The van der Waals surface area contributed by atoms with Crippen LogP contribution in [0.4, 0.5) is 0 Å². The molecular formula is C40H45ClN4O7. The molecule has 0 saturated carbocycles. The molecule has 4 N–H and O–H groups in total. The van der Waals surface area contributed by atoms with E-state index in [1.807, 2.05) is 24.3 Å². The van der Waals surface area contributed by atoms with E-state index in [0.717, 1.165) is 66.0 Å². The van der Waals surface area contributed by atoms with E-state index in [0.29, 0.717) is 39.8 Å². The highest BCUT2D eigenvalue weighted by Crippen LogP contribution is 2.36. The summed E-state index contributed by atoms with van der Waals surface area (Å²) in [5.74, 6) is 0.389. The first kappa shape index (κ1) is 38.5. The van der Waals surface area contributed by atoms with Crippen LogP contribution < -0.4 is 19.5 Å². The van der Waals surface area contributed by atoms with Crippen LogP contribution in [0.25, 0.3) is 11.1 Å². The second kappa shape index (κ2) is 17.7. The van der Waals surface area contributed by atoms with Crippen molar-refractivity contribution in [3.05, 3.63) is 105 Å². The summed E-state index contributed by atoms with van der Waals surface area (Å²) in [6.45, 7) is 8.36. The molecule has 0 radical (unpaired) electrons. The van der Waals surface area contributed by atoms with E-state index in [9.17, 15) is 25.4 Å². The molecule has 11 nitrogen and oxygen atoms in total. The number of benzene rings is 3. The van der Waals surface area contributed by atoms with E-state index in [4.69, 9.17) is 25.8 Å². The minimum Gasteiger partial charge on any atom is -0.493 e. The first-order valence-corrected chi connectivity index (χ1v) is 17.6. The van der Waals surface area contributed by atoms with Gasteiger partial charge in [0.15, 0.2) is 0 Å². The summed E-state index contributed by atoms with van der Waals surface area (Å²) in [5.41, 5.74) is 5.20. The maximum atomic E-state index is 11.8. The van der Waals surface area contributed by atoms with Gasteiger partial charge in [0.05, 0.1) is 29.9 Å². The van der Waals surface area contributed by atoms with E-state index in [2.05, 4.69) is 47.3 Å². The standard InChI is InChI=1S/C40H45ClN4O7/c1-26-30(7-4-8-33(26)34-9-5-10-36(27(34)2)50-14-6-12-45-13-11-32(47)22-45)24-52-38-17-37(51-23-29-15-28(18-42)19-43-20-29)31(16-35(38)41)21-44-40(3,25-46)39(48)49/h4-5,7-10,15-17,19-20,32,44,46-47H,6,11-14,21-25H2,1-3H3,(H,48,49)/t32-,40+/m0/s1. The minimum atomic E-state index is -1.59. The van der Waals surface area contributed by atoms with Crippen LogP contribution in [-0.4, -0.2) is 75.7 Å². The smallest absolute Gasteiger partial charge is 0.326 e. The molecule has 0 spiro atoms. The van der Waals surface area contributed by atoms with Crippen LogP contribution in [0.5, 0.6) is 17.2 Å². The normalized spacial score (nSPS) is 15.5. The lowest BCUT2D eigenvalue weighted by molar-refractivity contribution is -0.145. The van der Waals surface area contributed by atoms with Crippen molar-refractivity contribution in [1.29, 1.82) is 5.26 Å². The molecular weight excluding hydrogens is 684 g/mol. The lowest BCUT2D eigenvalue weighted by Crippen LogP contribution is -2.52. The molecule has 12 heteroatoms. The fourth-order valence-corrected chi connectivity index (χ4v) is 6.31. The van der Waals surface area contributed by atoms with Crippen LogP contribution in [0.2, 0.25) is 5.02 Å². The maximum absolute atomic E-state index is 11.8. The molecule has 4 aromatic rings. The molecule has 52 heavy (non-hydrogen) atoms. The SMILES string of the molecule is Cc1c(COc2cc(OCc3cncc(C#N)c3)c(CN[C@](C)(CO)C(=O)O)cc2Cl)cccc1-c1cccc(OCCCN2CC[C@H](O)C2)c1C. The van der Waals surface area contributed by atoms with E-state index in [1.165, 1.54) is 13.1 Å². The van der Waals surface area contributed by atoms with Gasteiger partial charge in [-0.3, -0.25) is 15.1 Å². The van der Waals surface area contributed by atoms with Crippen molar-refractivity contribution >= 4 is 17.6 Å². The Kier molecular flexibility index (Phi) is 13.1. The molecule has 1 aromatic heterocycles. The van der Waals surface area contributed by atoms with Gasteiger partial charge >= 0.3 is 5.97 Å². The summed E-state index contributed by atoms with van der Waals surface area (Å²) in [6.07, 6.45) is 4.55. The van der Waals surface area contributed by atoms with Crippen molar-refractivity contribution in [3.8, 4) is 34.4 Å². The molecule has 1 saturated heterocycles. The molecule has 1 aliphatic rings. The van der Waals surface area contributed by atoms with Crippen molar-refractivity contribution in [2.24, 2.45) is 0 Å². The first-order chi connectivity index (χ1) is 25.0. The monoisotopic (exact) mass is 728 g/mol. The number of nitrogens with zero attached hydrogens (tertiary/aromatic N) is 3. The first-order valence-electron chi connectivity index (χ1n) is 17.2. The number of β-amino-alcohol motifs (C(OH)–C–C–N with tert-alkyl or cyclic N) is 1. The van der Waals surface area contributed by atoms with Gasteiger partial charge in [0, 0.05) is 55.8 Å². The zero-order valence-electron chi connectivity index (χ0n) is 29.7. The van der Waals surface area contributed by atoms with Crippen LogP contribution in [0.1, 0.15) is 53.1 Å². The number of carboxylic acids is 1. The summed E-state index contributed by atoms with van der Waals surface area (Å²) < 4.78 is 18.6. The zero-order valence-corrected chi connectivity index (χ0v) is 30.4. The highest BCUT2D eigenvalue weighted by molar-refractivity contribution is 6.32. The zero-order chi connectivity index (χ0) is 37.3. The third-order valence-electron chi connectivity index (χ3n) is 9.42. The molecule has 3 aromatic carbocycles. The second-order valence-corrected chi connectivity index (χ2v) is 13.7. The molecule has 2 atom stereocenters. The Morgan fingerprint density at radius 2 is 1.77 bits per heavy atom. The Morgan fingerprint density at radius 1 is 1.02 bits per heavy atom. The number of aromatic nitrogens is 1. The van der Waals surface area contributed by atoms with E-state index in [-0.39, 0.29) is 25.9 Å². The van der Waals surface area contributed by atoms with Crippen molar-refractivity contribution in [1.82, 2.24) is 15.2 Å². The molecule has 1 fully saturated rings. The minimum absolute atomic E-state index is 0.0288. The van der Waals surface area contributed by atoms with Gasteiger partial charge in [-0.1, -0.05) is 41.9 Å². The molecule has 0 aliphatic carbocycles. The number of aliphatic carboxylic acids is 1. The molecule has 0 unspecified atom stereocenters. The molecule has 2 heterocycles. The number of pyridine rings is 1. The number of nitrogens with one attached hydrogen (secondary N) is 1. The maximum Gasteiger partial charge on any atom is 0.326 e.